The van der Waals surface area contributed by atoms with Crippen LogP contribution in [-0.2, 0) is 25.4 Å². The zero-order chi connectivity index (χ0) is 20.2. The van der Waals surface area contributed by atoms with Crippen LogP contribution < -0.4 is 0 Å². The summed E-state index contributed by atoms with van der Waals surface area (Å²) in [7, 11) is 1.85. The van der Waals surface area contributed by atoms with Crippen LogP contribution in [0.25, 0.3) is 11.1 Å². The molecule has 8 heteroatoms. The Bertz CT molecular complexity index is 1070. The van der Waals surface area contributed by atoms with Gasteiger partial charge in [-0.2, -0.15) is 16.9 Å². The topological polar surface area (TPSA) is 68.8 Å². The molecule has 2 aromatic heterocycles. The highest BCUT2D eigenvalue weighted by atomic mass is 32.2. The van der Waals surface area contributed by atoms with E-state index in [1.54, 1.807) is 28.7 Å². The Kier molecular flexibility index (Phi) is 4.33. The second kappa shape index (κ2) is 6.67. The molecular formula is C21H24FN5OS. The monoisotopic (exact) mass is 413 g/mol. The lowest BCUT2D eigenvalue weighted by Gasteiger charge is -2.23. The van der Waals surface area contributed by atoms with Gasteiger partial charge >= 0.3 is 0 Å². The molecule has 0 bridgehead atoms. The Balaban J connectivity index is 1.52. The first-order valence-corrected chi connectivity index (χ1v) is 10.9. The van der Waals surface area contributed by atoms with Gasteiger partial charge in [0.2, 0.25) is 0 Å². The Morgan fingerprint density at radius 2 is 2.07 bits per heavy atom. The molecule has 1 saturated carbocycles. The lowest BCUT2D eigenvalue weighted by Crippen LogP contribution is -2.28. The normalized spacial score (nSPS) is 22.9. The van der Waals surface area contributed by atoms with Crippen LogP contribution in [0.3, 0.4) is 0 Å². The molecule has 1 aliphatic heterocycles. The highest BCUT2D eigenvalue weighted by Crippen LogP contribution is 2.54. The molecule has 1 fully saturated rings. The molecule has 1 aliphatic carbocycles. The molecule has 0 unspecified atom stereocenters. The van der Waals surface area contributed by atoms with Crippen molar-refractivity contribution in [2.75, 3.05) is 12.4 Å². The van der Waals surface area contributed by atoms with Crippen molar-refractivity contribution in [3.63, 3.8) is 0 Å². The number of hydrogen-bond donors (Lipinski definition) is 1. The largest absolute Gasteiger partial charge is 0.395 e. The molecule has 3 heterocycles. The maximum atomic E-state index is 15.2. The van der Waals surface area contributed by atoms with Crippen LogP contribution in [0, 0.1) is 5.82 Å². The number of thioether (sulfide) groups is 1. The van der Waals surface area contributed by atoms with Gasteiger partial charge in [0.25, 0.3) is 0 Å². The quantitative estimate of drug-likeness (QED) is 0.712. The van der Waals surface area contributed by atoms with E-state index in [0.717, 1.165) is 47.9 Å². The molecule has 5 rings (SSSR count). The molecular weight excluding hydrogens is 389 g/mol. The highest BCUT2D eigenvalue weighted by molar-refractivity contribution is 8.00. The van der Waals surface area contributed by atoms with Gasteiger partial charge in [-0.3, -0.25) is 4.68 Å². The van der Waals surface area contributed by atoms with Crippen molar-refractivity contribution < 1.29 is 9.50 Å². The Morgan fingerprint density at radius 3 is 2.72 bits per heavy atom. The van der Waals surface area contributed by atoms with Crippen LogP contribution >= 0.6 is 11.8 Å². The van der Waals surface area contributed by atoms with Crippen LogP contribution in [0.15, 0.2) is 30.6 Å². The number of aliphatic hydroxyl groups is 1. The summed E-state index contributed by atoms with van der Waals surface area (Å²) in [4.78, 5) is 0. The Labute approximate surface area is 173 Å². The van der Waals surface area contributed by atoms with Crippen LogP contribution in [0.4, 0.5) is 4.39 Å². The van der Waals surface area contributed by atoms with Crippen LogP contribution in [0.5, 0.6) is 0 Å². The summed E-state index contributed by atoms with van der Waals surface area (Å²) in [6.45, 7) is 2.95. The number of rotatable bonds is 4. The summed E-state index contributed by atoms with van der Waals surface area (Å²) in [6.07, 6.45) is 6.04. The maximum absolute atomic E-state index is 15.2. The molecule has 0 spiro atoms. The number of benzene rings is 1. The summed E-state index contributed by atoms with van der Waals surface area (Å²) < 4.78 is 18.9. The van der Waals surface area contributed by atoms with E-state index >= 15 is 4.39 Å². The van der Waals surface area contributed by atoms with Crippen molar-refractivity contribution in [2.45, 2.75) is 42.9 Å². The lowest BCUT2D eigenvalue weighted by atomic mass is 9.92. The van der Waals surface area contributed by atoms with Gasteiger partial charge in [0.1, 0.15) is 17.5 Å². The summed E-state index contributed by atoms with van der Waals surface area (Å²) in [5.74, 6) is 2.43. The second-order valence-corrected chi connectivity index (χ2v) is 10.1. The van der Waals surface area contributed by atoms with Gasteiger partial charge in [0.05, 0.1) is 18.2 Å². The summed E-state index contributed by atoms with van der Waals surface area (Å²) in [5.41, 5.74) is 2.03. The molecule has 3 aromatic rings. The molecule has 1 aromatic carbocycles. The number of fused-ring (bicyclic) bond motifs is 1. The van der Waals surface area contributed by atoms with E-state index in [1.165, 1.54) is 0 Å². The SMILES string of the molecule is Cn1cc(-c2ccc(C3(c4nnc5n4CCS[C@@](C)(CO)C5)CC3)c(F)c2)cn1. The minimum absolute atomic E-state index is 0.107. The number of hydrogen-bond acceptors (Lipinski definition) is 5. The predicted octanol–water partition coefficient (Wildman–Crippen LogP) is 2.94. The van der Waals surface area contributed by atoms with Gasteiger partial charge in [0, 0.05) is 47.8 Å². The third kappa shape index (κ3) is 3.09. The van der Waals surface area contributed by atoms with Gasteiger partial charge in [0.15, 0.2) is 0 Å². The number of halogens is 1. The summed E-state index contributed by atoms with van der Waals surface area (Å²) in [6, 6.07) is 5.47. The highest BCUT2D eigenvalue weighted by Gasteiger charge is 2.52. The minimum Gasteiger partial charge on any atom is -0.395 e. The van der Waals surface area contributed by atoms with E-state index < -0.39 is 5.41 Å². The zero-order valence-electron chi connectivity index (χ0n) is 16.6. The van der Waals surface area contributed by atoms with Gasteiger partial charge in [-0.25, -0.2) is 4.39 Å². The van der Waals surface area contributed by atoms with Crippen LogP contribution in [0.1, 0.15) is 37.0 Å². The summed E-state index contributed by atoms with van der Waals surface area (Å²) in [5, 5.41) is 22.9. The van der Waals surface area contributed by atoms with Crippen LogP contribution in [0.2, 0.25) is 0 Å². The molecule has 0 amide bonds. The first-order valence-electron chi connectivity index (χ1n) is 9.91. The lowest BCUT2D eigenvalue weighted by molar-refractivity contribution is 0.254. The van der Waals surface area contributed by atoms with Gasteiger partial charge in [-0.1, -0.05) is 12.1 Å². The van der Waals surface area contributed by atoms with Crippen LogP contribution in [-0.4, -0.2) is 46.8 Å². The fourth-order valence-corrected chi connectivity index (χ4v) is 5.41. The van der Waals surface area contributed by atoms with Gasteiger partial charge in [-0.05, 0) is 31.4 Å². The van der Waals surface area contributed by atoms with Gasteiger partial charge in [-0.15, -0.1) is 10.2 Å². The maximum Gasteiger partial charge on any atom is 0.143 e. The van der Waals surface area contributed by atoms with Crippen molar-refractivity contribution >= 4 is 11.8 Å². The van der Waals surface area contributed by atoms with E-state index in [2.05, 4.69) is 26.8 Å². The molecule has 6 nitrogen and oxygen atoms in total. The number of aromatic nitrogens is 5. The molecule has 1 N–H and O–H groups in total. The van der Waals surface area contributed by atoms with Crippen molar-refractivity contribution in [1.82, 2.24) is 24.5 Å². The predicted molar refractivity (Wildman–Crippen MR) is 110 cm³/mol. The number of aryl methyl sites for hydroxylation is 1. The molecule has 0 saturated heterocycles. The first-order chi connectivity index (χ1) is 13.9. The molecule has 152 valence electrons. The zero-order valence-corrected chi connectivity index (χ0v) is 17.4. The first kappa shape index (κ1) is 18.8. The average molecular weight is 414 g/mol. The van der Waals surface area contributed by atoms with E-state index in [1.807, 2.05) is 25.4 Å². The number of aliphatic hydroxyl groups excluding tert-OH is 1. The Hall–Kier alpha value is -2.19. The van der Waals surface area contributed by atoms with Crippen molar-refractivity contribution in [3.8, 4) is 11.1 Å². The standard InChI is InChI=1S/C21H24FN5OS/c1-20(13-28)10-18-24-25-19(27(18)7-8-29-20)21(5-6-21)16-4-3-14(9-17(16)22)15-11-23-26(2)12-15/h3-4,9,11-12,28H,5-8,10,13H2,1-2H3/t20-/m1/s1. The number of nitrogens with zero attached hydrogens (tertiary/aromatic N) is 5. The van der Waals surface area contributed by atoms with E-state index in [0.29, 0.717) is 12.0 Å². The molecule has 29 heavy (non-hydrogen) atoms. The summed E-state index contributed by atoms with van der Waals surface area (Å²) >= 11 is 1.77. The van der Waals surface area contributed by atoms with Gasteiger partial charge < -0.3 is 9.67 Å². The smallest absolute Gasteiger partial charge is 0.143 e. The Morgan fingerprint density at radius 1 is 1.24 bits per heavy atom. The molecule has 2 aliphatic rings. The second-order valence-electron chi connectivity index (χ2n) is 8.40. The molecule has 0 radical (unpaired) electrons. The van der Waals surface area contributed by atoms with Crippen molar-refractivity contribution in [2.24, 2.45) is 7.05 Å². The third-order valence-corrected chi connectivity index (χ3v) is 7.52. The average Bonchev–Trinajstić information content (AvgIpc) is 3.28. The fourth-order valence-electron chi connectivity index (χ4n) is 4.32. The van der Waals surface area contributed by atoms with Crippen molar-refractivity contribution in [3.05, 3.63) is 53.6 Å². The third-order valence-electron chi connectivity index (χ3n) is 6.16. The van der Waals surface area contributed by atoms with E-state index in [9.17, 15) is 5.11 Å². The van der Waals surface area contributed by atoms with E-state index in [-0.39, 0.29) is 17.2 Å². The minimum atomic E-state index is -0.395. The van der Waals surface area contributed by atoms with E-state index in [4.69, 9.17) is 0 Å². The molecule has 1 atom stereocenters. The van der Waals surface area contributed by atoms with Crippen molar-refractivity contribution in [1.29, 1.82) is 0 Å². The fraction of sp³-hybridized carbons (Fsp3) is 0.476.